The van der Waals surface area contributed by atoms with Gasteiger partial charge < -0.3 is 0 Å². The second-order valence-corrected chi connectivity index (χ2v) is 4.18. The lowest BCUT2D eigenvalue weighted by Crippen LogP contribution is -2.03. The highest BCUT2D eigenvalue weighted by Crippen LogP contribution is 2.19. The number of halogens is 2. The van der Waals surface area contributed by atoms with Crippen molar-refractivity contribution in [3.63, 3.8) is 0 Å². The summed E-state index contributed by atoms with van der Waals surface area (Å²) in [4.78, 5) is 0. The number of benzene rings is 1. The van der Waals surface area contributed by atoms with E-state index < -0.39 is 0 Å². The number of rotatable bonds is 2. The van der Waals surface area contributed by atoms with Gasteiger partial charge in [-0.15, -0.1) is 5.10 Å². The van der Waals surface area contributed by atoms with Crippen LogP contribution in [0.3, 0.4) is 0 Å². The molecule has 0 spiro atoms. The Morgan fingerprint density at radius 1 is 1.20 bits per heavy atom. The Morgan fingerprint density at radius 3 is 2.40 bits per heavy atom. The van der Waals surface area contributed by atoms with E-state index in [0.717, 1.165) is 11.3 Å². The predicted octanol–water partition coefficient (Wildman–Crippen LogP) is 2.94. The zero-order chi connectivity index (χ0) is 10.8. The molecule has 2 aromatic rings. The zero-order valence-corrected chi connectivity index (χ0v) is 9.63. The van der Waals surface area contributed by atoms with Gasteiger partial charge in [0.2, 0.25) is 0 Å². The molecule has 1 aromatic carbocycles. The van der Waals surface area contributed by atoms with Crippen molar-refractivity contribution >= 4 is 23.2 Å². The molecule has 0 aliphatic carbocycles. The van der Waals surface area contributed by atoms with Gasteiger partial charge in [0, 0.05) is 10.0 Å². The fraction of sp³-hybridized carbons (Fsp3) is 0.200. The number of aryl methyl sites for hydroxylation is 1. The van der Waals surface area contributed by atoms with E-state index in [4.69, 9.17) is 23.2 Å². The molecule has 0 radical (unpaired) electrons. The van der Waals surface area contributed by atoms with E-state index >= 15 is 0 Å². The summed E-state index contributed by atoms with van der Waals surface area (Å²) in [5.41, 5.74) is 2.02. The molecule has 2 rings (SSSR count). The largest absolute Gasteiger partial charge is 0.245 e. The van der Waals surface area contributed by atoms with Crippen molar-refractivity contribution in [3.05, 3.63) is 45.7 Å². The standard InChI is InChI=1S/C10H9Cl2N3/c1-7-5-13-14-15(7)6-8-2-9(11)4-10(12)3-8/h2-5H,6H2,1H3. The Kier molecular flexibility index (Phi) is 2.93. The van der Waals surface area contributed by atoms with Crippen LogP contribution in [0, 0.1) is 6.92 Å². The van der Waals surface area contributed by atoms with Gasteiger partial charge in [0.1, 0.15) is 0 Å². The van der Waals surface area contributed by atoms with Crippen LogP contribution in [0.2, 0.25) is 10.0 Å². The summed E-state index contributed by atoms with van der Waals surface area (Å²) in [5, 5.41) is 9.03. The van der Waals surface area contributed by atoms with Crippen LogP contribution in [0.25, 0.3) is 0 Å². The van der Waals surface area contributed by atoms with Gasteiger partial charge in [-0.1, -0.05) is 28.4 Å². The molecule has 1 heterocycles. The van der Waals surface area contributed by atoms with Gasteiger partial charge in [-0.05, 0) is 30.7 Å². The first-order chi connectivity index (χ1) is 7.15. The molecule has 0 bridgehead atoms. The van der Waals surface area contributed by atoms with Crippen molar-refractivity contribution in [2.45, 2.75) is 13.5 Å². The van der Waals surface area contributed by atoms with Gasteiger partial charge in [-0.25, -0.2) is 4.68 Å². The van der Waals surface area contributed by atoms with Gasteiger partial charge in [0.15, 0.2) is 0 Å². The smallest absolute Gasteiger partial charge is 0.0722 e. The van der Waals surface area contributed by atoms with Crippen LogP contribution in [0.15, 0.2) is 24.4 Å². The molecule has 0 amide bonds. The zero-order valence-electron chi connectivity index (χ0n) is 8.11. The first-order valence-corrected chi connectivity index (χ1v) is 5.21. The normalized spacial score (nSPS) is 10.6. The van der Waals surface area contributed by atoms with E-state index in [2.05, 4.69) is 10.3 Å². The molecular weight excluding hydrogens is 233 g/mol. The maximum absolute atomic E-state index is 5.90. The Labute approximate surface area is 97.6 Å². The van der Waals surface area contributed by atoms with Crippen LogP contribution in [0.1, 0.15) is 11.3 Å². The molecule has 3 nitrogen and oxygen atoms in total. The van der Waals surface area contributed by atoms with Crippen molar-refractivity contribution < 1.29 is 0 Å². The van der Waals surface area contributed by atoms with E-state index in [1.165, 1.54) is 0 Å². The van der Waals surface area contributed by atoms with E-state index in [9.17, 15) is 0 Å². The van der Waals surface area contributed by atoms with Gasteiger partial charge in [-0.2, -0.15) is 0 Å². The molecule has 0 atom stereocenters. The fourth-order valence-corrected chi connectivity index (χ4v) is 1.91. The van der Waals surface area contributed by atoms with Crippen molar-refractivity contribution in [1.82, 2.24) is 15.0 Å². The number of hydrogen-bond acceptors (Lipinski definition) is 2. The molecule has 0 N–H and O–H groups in total. The summed E-state index contributed by atoms with van der Waals surface area (Å²) in [5.74, 6) is 0. The second kappa shape index (κ2) is 4.21. The molecule has 0 aliphatic heterocycles. The van der Waals surface area contributed by atoms with Gasteiger partial charge in [-0.3, -0.25) is 0 Å². The van der Waals surface area contributed by atoms with Crippen molar-refractivity contribution in [2.24, 2.45) is 0 Å². The number of nitrogens with zero attached hydrogens (tertiary/aromatic N) is 3. The fourth-order valence-electron chi connectivity index (χ4n) is 1.34. The van der Waals surface area contributed by atoms with E-state index in [0.29, 0.717) is 16.6 Å². The molecule has 0 fully saturated rings. The minimum absolute atomic E-state index is 0.631. The highest BCUT2D eigenvalue weighted by Gasteiger charge is 2.02. The molecule has 15 heavy (non-hydrogen) atoms. The third kappa shape index (κ3) is 2.49. The van der Waals surface area contributed by atoms with Crippen LogP contribution in [-0.2, 0) is 6.54 Å². The Bertz CT molecular complexity index is 459. The highest BCUT2D eigenvalue weighted by molar-refractivity contribution is 6.34. The first-order valence-electron chi connectivity index (χ1n) is 4.45. The van der Waals surface area contributed by atoms with E-state index in [-0.39, 0.29) is 0 Å². The quantitative estimate of drug-likeness (QED) is 0.810. The summed E-state index contributed by atoms with van der Waals surface area (Å²) in [6.07, 6.45) is 1.71. The maximum Gasteiger partial charge on any atom is 0.0722 e. The lowest BCUT2D eigenvalue weighted by atomic mass is 10.2. The van der Waals surface area contributed by atoms with Crippen molar-refractivity contribution in [1.29, 1.82) is 0 Å². The third-order valence-electron chi connectivity index (χ3n) is 2.07. The topological polar surface area (TPSA) is 30.7 Å². The first kappa shape index (κ1) is 10.5. The van der Waals surface area contributed by atoms with Crippen LogP contribution in [0.5, 0.6) is 0 Å². The molecule has 0 unspecified atom stereocenters. The summed E-state index contributed by atoms with van der Waals surface area (Å²) >= 11 is 11.8. The van der Waals surface area contributed by atoms with Crippen LogP contribution in [0.4, 0.5) is 0 Å². The van der Waals surface area contributed by atoms with E-state index in [1.807, 2.05) is 19.1 Å². The Balaban J connectivity index is 2.28. The van der Waals surface area contributed by atoms with Gasteiger partial charge in [0.05, 0.1) is 18.4 Å². The number of hydrogen-bond donors (Lipinski definition) is 0. The minimum atomic E-state index is 0.631. The molecule has 0 saturated heterocycles. The summed E-state index contributed by atoms with van der Waals surface area (Å²) < 4.78 is 1.79. The summed E-state index contributed by atoms with van der Waals surface area (Å²) in [7, 11) is 0. The van der Waals surface area contributed by atoms with Crippen LogP contribution < -0.4 is 0 Å². The van der Waals surface area contributed by atoms with Crippen molar-refractivity contribution in [3.8, 4) is 0 Å². The van der Waals surface area contributed by atoms with Crippen LogP contribution in [-0.4, -0.2) is 15.0 Å². The second-order valence-electron chi connectivity index (χ2n) is 3.31. The Hall–Kier alpha value is -1.06. The minimum Gasteiger partial charge on any atom is -0.245 e. The van der Waals surface area contributed by atoms with Crippen LogP contribution >= 0.6 is 23.2 Å². The molecule has 1 aromatic heterocycles. The lowest BCUT2D eigenvalue weighted by molar-refractivity contribution is 0.633. The summed E-state index contributed by atoms with van der Waals surface area (Å²) in [6, 6.07) is 5.45. The van der Waals surface area contributed by atoms with Crippen molar-refractivity contribution in [2.75, 3.05) is 0 Å². The average Bonchev–Trinajstić information content (AvgIpc) is 2.50. The van der Waals surface area contributed by atoms with Gasteiger partial charge >= 0.3 is 0 Å². The average molecular weight is 242 g/mol. The predicted molar refractivity (Wildman–Crippen MR) is 60.3 cm³/mol. The lowest BCUT2D eigenvalue weighted by Gasteiger charge is -2.04. The third-order valence-corrected chi connectivity index (χ3v) is 2.50. The molecule has 5 heteroatoms. The maximum atomic E-state index is 5.90. The summed E-state index contributed by atoms with van der Waals surface area (Å²) in [6.45, 7) is 2.58. The van der Waals surface area contributed by atoms with E-state index in [1.54, 1.807) is 16.9 Å². The molecule has 0 aliphatic rings. The number of aromatic nitrogens is 3. The highest BCUT2D eigenvalue weighted by atomic mass is 35.5. The molecular formula is C10H9Cl2N3. The van der Waals surface area contributed by atoms with Gasteiger partial charge in [0.25, 0.3) is 0 Å². The monoisotopic (exact) mass is 241 g/mol. The SMILES string of the molecule is Cc1cnnn1Cc1cc(Cl)cc(Cl)c1. The molecule has 78 valence electrons. The Morgan fingerprint density at radius 2 is 1.87 bits per heavy atom. The molecule has 0 saturated carbocycles.